The molecule has 2 N–H and O–H groups in total. The molecule has 0 fully saturated rings. The summed E-state index contributed by atoms with van der Waals surface area (Å²) in [6, 6.07) is 9.46. The van der Waals surface area contributed by atoms with E-state index >= 15 is 0 Å². The number of hydrogen-bond acceptors (Lipinski definition) is 5. The molecule has 0 saturated heterocycles. The Morgan fingerprint density at radius 1 is 1.18 bits per heavy atom. The minimum absolute atomic E-state index is 0. The van der Waals surface area contributed by atoms with Crippen LogP contribution in [0.25, 0.3) is 0 Å². The van der Waals surface area contributed by atoms with Gasteiger partial charge in [-0.05, 0) is 44.5 Å². The van der Waals surface area contributed by atoms with E-state index in [1.54, 1.807) is 13.4 Å². The number of benzene rings is 1. The van der Waals surface area contributed by atoms with Crippen LogP contribution in [0.2, 0.25) is 0 Å². The standard InChI is InChI=1S/C20H29N3O4.HI/c1-4-21-20(22-11-7-12-25-15-17-8-6-13-27-17)23-16-9-10-18(24-3)19(14-16)26-5-2;/h6,8-10,13-14H,4-5,7,11-12,15H2,1-3H3,(H2,21,22,23);1H. The summed E-state index contributed by atoms with van der Waals surface area (Å²) >= 11 is 0. The molecule has 0 unspecified atom stereocenters. The maximum Gasteiger partial charge on any atom is 0.195 e. The Balaban J connectivity index is 0.00000392. The van der Waals surface area contributed by atoms with Crippen molar-refractivity contribution >= 4 is 35.6 Å². The molecule has 7 nitrogen and oxygen atoms in total. The zero-order valence-electron chi connectivity index (χ0n) is 16.7. The number of nitrogens with one attached hydrogen (secondary N) is 2. The second kappa shape index (κ2) is 14.1. The van der Waals surface area contributed by atoms with Gasteiger partial charge < -0.3 is 29.3 Å². The first-order valence-corrected chi connectivity index (χ1v) is 9.23. The average Bonchev–Trinajstić information content (AvgIpc) is 3.18. The third-order valence-corrected chi connectivity index (χ3v) is 3.61. The molecule has 1 aromatic heterocycles. The molecule has 0 bridgehead atoms. The highest BCUT2D eigenvalue weighted by atomic mass is 127. The maximum absolute atomic E-state index is 5.62. The highest BCUT2D eigenvalue weighted by molar-refractivity contribution is 14.0. The van der Waals surface area contributed by atoms with E-state index in [1.165, 1.54) is 0 Å². The third-order valence-electron chi connectivity index (χ3n) is 3.61. The molecule has 0 saturated carbocycles. The van der Waals surface area contributed by atoms with E-state index in [1.807, 2.05) is 44.2 Å². The molecular weight excluding hydrogens is 473 g/mol. The van der Waals surface area contributed by atoms with Gasteiger partial charge in [0.25, 0.3) is 0 Å². The van der Waals surface area contributed by atoms with Crippen LogP contribution in [0.3, 0.4) is 0 Å². The molecule has 2 aromatic rings. The number of anilines is 1. The number of hydrogen-bond donors (Lipinski definition) is 2. The average molecular weight is 503 g/mol. The minimum atomic E-state index is 0. The van der Waals surface area contributed by atoms with Crippen LogP contribution in [-0.4, -0.2) is 39.4 Å². The fourth-order valence-electron chi connectivity index (χ4n) is 2.39. The smallest absolute Gasteiger partial charge is 0.195 e. The number of halogens is 1. The number of furan rings is 1. The van der Waals surface area contributed by atoms with Crippen LogP contribution in [0.15, 0.2) is 46.0 Å². The molecule has 0 radical (unpaired) electrons. The summed E-state index contributed by atoms with van der Waals surface area (Å²) in [6.45, 7) is 7.09. The van der Waals surface area contributed by atoms with Crippen molar-refractivity contribution in [1.82, 2.24) is 5.32 Å². The molecular formula is C20H30IN3O4. The highest BCUT2D eigenvalue weighted by Crippen LogP contribution is 2.30. The number of rotatable bonds is 11. The Kier molecular flexibility index (Phi) is 12.1. The molecule has 8 heteroatoms. The Hall–Kier alpha value is -1.94. The van der Waals surface area contributed by atoms with Crippen LogP contribution < -0.4 is 20.1 Å². The fourth-order valence-corrected chi connectivity index (χ4v) is 2.39. The van der Waals surface area contributed by atoms with Crippen molar-refractivity contribution in [3.8, 4) is 11.5 Å². The van der Waals surface area contributed by atoms with Crippen LogP contribution in [0.5, 0.6) is 11.5 Å². The Morgan fingerprint density at radius 3 is 2.71 bits per heavy atom. The molecule has 0 aliphatic rings. The molecule has 0 atom stereocenters. The summed E-state index contributed by atoms with van der Waals surface area (Å²) in [4.78, 5) is 4.58. The first-order chi connectivity index (χ1) is 13.3. The summed E-state index contributed by atoms with van der Waals surface area (Å²) in [5.41, 5.74) is 0.882. The van der Waals surface area contributed by atoms with Crippen LogP contribution in [-0.2, 0) is 11.3 Å². The maximum atomic E-state index is 5.62. The van der Waals surface area contributed by atoms with Crippen LogP contribution in [0.4, 0.5) is 5.69 Å². The van der Waals surface area contributed by atoms with E-state index in [0.717, 1.165) is 30.4 Å². The topological polar surface area (TPSA) is 77.3 Å². The first kappa shape index (κ1) is 24.1. The zero-order chi connectivity index (χ0) is 19.3. The van der Waals surface area contributed by atoms with Gasteiger partial charge in [-0.25, -0.2) is 0 Å². The van der Waals surface area contributed by atoms with Crippen molar-refractivity contribution in [2.75, 3.05) is 38.7 Å². The van der Waals surface area contributed by atoms with Gasteiger partial charge in [0.15, 0.2) is 17.5 Å². The molecule has 1 heterocycles. The van der Waals surface area contributed by atoms with Crippen molar-refractivity contribution in [2.24, 2.45) is 4.99 Å². The predicted octanol–water partition coefficient (Wildman–Crippen LogP) is 4.29. The summed E-state index contributed by atoms with van der Waals surface area (Å²) in [6.07, 6.45) is 2.47. The molecule has 28 heavy (non-hydrogen) atoms. The van der Waals surface area contributed by atoms with E-state index < -0.39 is 0 Å². The van der Waals surface area contributed by atoms with E-state index in [0.29, 0.717) is 37.9 Å². The van der Waals surface area contributed by atoms with Crippen LogP contribution in [0.1, 0.15) is 26.0 Å². The van der Waals surface area contributed by atoms with E-state index in [9.17, 15) is 0 Å². The second-order valence-corrected chi connectivity index (χ2v) is 5.67. The molecule has 0 aliphatic heterocycles. The Bertz CT molecular complexity index is 693. The van der Waals surface area contributed by atoms with Crippen LogP contribution in [0, 0.1) is 0 Å². The van der Waals surface area contributed by atoms with Gasteiger partial charge in [-0.1, -0.05) is 0 Å². The predicted molar refractivity (Wildman–Crippen MR) is 122 cm³/mol. The summed E-state index contributed by atoms with van der Waals surface area (Å²) in [5.74, 6) is 2.96. The van der Waals surface area contributed by atoms with Gasteiger partial charge in [-0.3, -0.25) is 4.99 Å². The summed E-state index contributed by atoms with van der Waals surface area (Å²) < 4.78 is 21.7. The summed E-state index contributed by atoms with van der Waals surface area (Å²) in [5, 5.41) is 6.53. The van der Waals surface area contributed by atoms with E-state index in [4.69, 9.17) is 18.6 Å². The lowest BCUT2D eigenvalue weighted by atomic mass is 10.2. The second-order valence-electron chi connectivity index (χ2n) is 5.67. The lowest BCUT2D eigenvalue weighted by Crippen LogP contribution is -2.30. The Morgan fingerprint density at radius 2 is 2.04 bits per heavy atom. The number of methoxy groups -OCH3 is 1. The third kappa shape index (κ3) is 8.39. The lowest BCUT2D eigenvalue weighted by molar-refractivity contribution is 0.105. The normalized spacial score (nSPS) is 10.9. The molecule has 156 valence electrons. The van der Waals surface area contributed by atoms with Gasteiger partial charge in [-0.2, -0.15) is 0 Å². The molecule has 1 aromatic carbocycles. The minimum Gasteiger partial charge on any atom is -0.493 e. The lowest BCUT2D eigenvalue weighted by Gasteiger charge is -2.14. The largest absolute Gasteiger partial charge is 0.493 e. The number of ether oxygens (including phenoxy) is 3. The van der Waals surface area contributed by atoms with Crippen molar-refractivity contribution in [2.45, 2.75) is 26.9 Å². The van der Waals surface area contributed by atoms with Gasteiger partial charge in [0.05, 0.1) is 20.0 Å². The number of nitrogens with zero attached hydrogens (tertiary/aromatic N) is 1. The van der Waals surface area contributed by atoms with E-state index in [2.05, 4.69) is 15.6 Å². The highest BCUT2D eigenvalue weighted by Gasteiger charge is 2.07. The molecule has 0 aliphatic carbocycles. The zero-order valence-corrected chi connectivity index (χ0v) is 19.0. The van der Waals surface area contributed by atoms with Gasteiger partial charge in [0, 0.05) is 31.5 Å². The van der Waals surface area contributed by atoms with Crippen molar-refractivity contribution in [1.29, 1.82) is 0 Å². The molecule has 0 spiro atoms. The van der Waals surface area contributed by atoms with Crippen molar-refractivity contribution < 1.29 is 18.6 Å². The quantitative estimate of drug-likeness (QED) is 0.206. The molecule has 0 amide bonds. The van der Waals surface area contributed by atoms with Gasteiger partial charge in [0.1, 0.15) is 12.4 Å². The SMILES string of the molecule is CCNC(=NCCCOCc1ccco1)Nc1ccc(OC)c(OCC)c1.I. The van der Waals surface area contributed by atoms with Gasteiger partial charge >= 0.3 is 0 Å². The number of guanidine groups is 1. The van der Waals surface area contributed by atoms with Crippen LogP contribution >= 0.6 is 24.0 Å². The van der Waals surface area contributed by atoms with E-state index in [-0.39, 0.29) is 24.0 Å². The van der Waals surface area contributed by atoms with Crippen molar-refractivity contribution in [3.05, 3.63) is 42.4 Å². The van der Waals surface area contributed by atoms with Crippen molar-refractivity contribution in [3.63, 3.8) is 0 Å². The van der Waals surface area contributed by atoms with Gasteiger partial charge in [0.2, 0.25) is 0 Å². The first-order valence-electron chi connectivity index (χ1n) is 9.23. The Labute approximate surface area is 183 Å². The summed E-state index contributed by atoms with van der Waals surface area (Å²) in [7, 11) is 1.63. The van der Waals surface area contributed by atoms with Gasteiger partial charge in [-0.15, -0.1) is 24.0 Å². The monoisotopic (exact) mass is 503 g/mol. The fraction of sp³-hybridized carbons (Fsp3) is 0.450. The number of aliphatic imine (C=N–C) groups is 1. The molecule has 2 rings (SSSR count).